The van der Waals surface area contributed by atoms with Crippen LogP contribution in [0.5, 0.6) is 0 Å². The Hall–Kier alpha value is -1.88. The Kier molecular flexibility index (Phi) is 4.30. The van der Waals surface area contributed by atoms with Crippen molar-refractivity contribution in [2.24, 2.45) is 0 Å². The van der Waals surface area contributed by atoms with Crippen molar-refractivity contribution in [1.82, 2.24) is 10.3 Å². The number of hydrogen-bond donors (Lipinski definition) is 2. The van der Waals surface area contributed by atoms with Crippen LogP contribution in [0.25, 0.3) is 0 Å². The molecule has 0 saturated carbocycles. The number of thiazole rings is 1. The van der Waals surface area contributed by atoms with Crippen LogP contribution in [0.3, 0.4) is 0 Å². The molecule has 0 bridgehead atoms. The van der Waals surface area contributed by atoms with Crippen LogP contribution in [0.15, 0.2) is 35.8 Å². The highest BCUT2D eigenvalue weighted by Crippen LogP contribution is 2.09. The van der Waals surface area contributed by atoms with Crippen LogP contribution in [0.2, 0.25) is 0 Å². The van der Waals surface area contributed by atoms with Gasteiger partial charge in [0.1, 0.15) is 0 Å². The van der Waals surface area contributed by atoms with Gasteiger partial charge in [-0.15, -0.1) is 11.3 Å². The van der Waals surface area contributed by atoms with E-state index in [9.17, 15) is 4.79 Å². The van der Waals surface area contributed by atoms with Gasteiger partial charge in [-0.1, -0.05) is 29.8 Å². The maximum absolute atomic E-state index is 11.5. The molecule has 2 aromatic rings. The smallest absolute Gasteiger partial charge is 0.321 e. The van der Waals surface area contributed by atoms with Gasteiger partial charge in [0, 0.05) is 18.1 Å². The first-order valence-electron chi connectivity index (χ1n) is 5.74. The number of carbonyl (C=O) groups is 1. The molecular formula is C13H15N3OS. The first-order chi connectivity index (χ1) is 8.74. The molecule has 2 N–H and O–H groups in total. The van der Waals surface area contributed by atoms with Crippen LogP contribution >= 0.6 is 11.3 Å². The minimum absolute atomic E-state index is 0.211. The molecule has 5 heteroatoms. The number of amides is 2. The number of nitrogens with one attached hydrogen (secondary N) is 2. The number of nitrogens with zero attached hydrogens (tertiary/aromatic N) is 1. The van der Waals surface area contributed by atoms with Crippen LogP contribution in [-0.2, 0) is 6.42 Å². The number of hydrogen-bond acceptors (Lipinski definition) is 3. The van der Waals surface area contributed by atoms with Gasteiger partial charge in [-0.3, -0.25) is 5.32 Å². The van der Waals surface area contributed by atoms with Crippen molar-refractivity contribution in [3.05, 3.63) is 47.0 Å². The molecule has 1 aromatic heterocycles. The number of aryl methyl sites for hydroxylation is 1. The first-order valence-corrected chi connectivity index (χ1v) is 6.62. The van der Waals surface area contributed by atoms with Crippen molar-refractivity contribution in [3.8, 4) is 0 Å². The molecule has 0 saturated heterocycles. The van der Waals surface area contributed by atoms with E-state index >= 15 is 0 Å². The molecular weight excluding hydrogens is 246 g/mol. The molecule has 0 radical (unpaired) electrons. The molecule has 94 valence electrons. The lowest BCUT2D eigenvalue weighted by Gasteiger charge is -2.05. The van der Waals surface area contributed by atoms with Crippen LogP contribution in [0.1, 0.15) is 11.1 Å². The summed E-state index contributed by atoms with van der Waals surface area (Å²) in [5.41, 5.74) is 2.46. The normalized spacial score (nSPS) is 10.1. The maximum atomic E-state index is 11.5. The molecule has 0 unspecified atom stereocenters. The predicted molar refractivity (Wildman–Crippen MR) is 74.0 cm³/mol. The van der Waals surface area contributed by atoms with Crippen molar-refractivity contribution < 1.29 is 4.79 Å². The van der Waals surface area contributed by atoms with Gasteiger partial charge in [-0.05, 0) is 18.9 Å². The van der Waals surface area contributed by atoms with Crippen molar-refractivity contribution in [2.75, 3.05) is 11.9 Å². The lowest BCUT2D eigenvalue weighted by molar-refractivity contribution is 0.252. The fourth-order valence-corrected chi connectivity index (χ4v) is 2.03. The number of rotatable bonds is 4. The zero-order valence-corrected chi connectivity index (χ0v) is 11.0. The van der Waals surface area contributed by atoms with E-state index in [4.69, 9.17) is 0 Å². The average Bonchev–Trinajstić information content (AvgIpc) is 2.84. The molecule has 2 amide bonds. The summed E-state index contributed by atoms with van der Waals surface area (Å²) in [7, 11) is 0. The van der Waals surface area contributed by atoms with Crippen molar-refractivity contribution in [2.45, 2.75) is 13.3 Å². The van der Waals surface area contributed by atoms with Crippen molar-refractivity contribution in [1.29, 1.82) is 0 Å². The fraction of sp³-hybridized carbons (Fsp3) is 0.231. The Morgan fingerprint density at radius 2 is 2.11 bits per heavy atom. The first kappa shape index (κ1) is 12.6. The second kappa shape index (κ2) is 6.16. The molecule has 0 spiro atoms. The highest BCUT2D eigenvalue weighted by molar-refractivity contribution is 7.13. The Morgan fingerprint density at radius 1 is 1.33 bits per heavy atom. The van der Waals surface area contributed by atoms with E-state index < -0.39 is 0 Å². The van der Waals surface area contributed by atoms with Gasteiger partial charge in [0.2, 0.25) is 0 Å². The van der Waals surface area contributed by atoms with Gasteiger partial charge < -0.3 is 5.32 Å². The third-order valence-corrected chi connectivity index (χ3v) is 3.16. The lowest BCUT2D eigenvalue weighted by Crippen LogP contribution is -2.30. The molecule has 0 aliphatic carbocycles. The number of carbonyl (C=O) groups excluding carboxylic acids is 1. The van der Waals surface area contributed by atoms with E-state index in [1.54, 1.807) is 6.20 Å². The molecule has 0 fully saturated rings. The van der Waals surface area contributed by atoms with Crippen molar-refractivity contribution >= 4 is 22.5 Å². The second-order valence-electron chi connectivity index (χ2n) is 3.95. The van der Waals surface area contributed by atoms with E-state index in [1.165, 1.54) is 22.5 Å². The quantitative estimate of drug-likeness (QED) is 0.889. The number of aromatic nitrogens is 1. The molecule has 0 atom stereocenters. The van der Waals surface area contributed by atoms with Crippen LogP contribution in [0.4, 0.5) is 9.93 Å². The third-order valence-electron chi connectivity index (χ3n) is 2.47. The summed E-state index contributed by atoms with van der Waals surface area (Å²) in [6.45, 7) is 2.67. The minimum atomic E-state index is -0.211. The predicted octanol–water partition coefficient (Wildman–Crippen LogP) is 2.82. The number of anilines is 1. The summed E-state index contributed by atoms with van der Waals surface area (Å²) >= 11 is 1.40. The summed E-state index contributed by atoms with van der Waals surface area (Å²) in [4.78, 5) is 15.5. The zero-order chi connectivity index (χ0) is 12.8. The van der Waals surface area contributed by atoms with Crippen molar-refractivity contribution in [3.63, 3.8) is 0 Å². The molecule has 18 heavy (non-hydrogen) atoms. The summed E-state index contributed by atoms with van der Waals surface area (Å²) < 4.78 is 0. The van der Waals surface area contributed by atoms with Crippen LogP contribution < -0.4 is 10.6 Å². The van der Waals surface area contributed by atoms with E-state index in [0.29, 0.717) is 11.7 Å². The van der Waals surface area contributed by atoms with Crippen LogP contribution in [0, 0.1) is 6.92 Å². The van der Waals surface area contributed by atoms with Gasteiger partial charge in [0.05, 0.1) is 0 Å². The minimum Gasteiger partial charge on any atom is -0.337 e. The number of benzene rings is 1. The maximum Gasteiger partial charge on any atom is 0.321 e. The van der Waals surface area contributed by atoms with Gasteiger partial charge in [-0.25, -0.2) is 9.78 Å². The molecule has 4 nitrogen and oxygen atoms in total. The van der Waals surface area contributed by atoms with Gasteiger partial charge >= 0.3 is 6.03 Å². The number of urea groups is 1. The van der Waals surface area contributed by atoms with Gasteiger partial charge in [0.15, 0.2) is 5.13 Å². The molecule has 1 aromatic carbocycles. The summed E-state index contributed by atoms with van der Waals surface area (Å²) in [6.07, 6.45) is 2.48. The van der Waals surface area contributed by atoms with Crippen LogP contribution in [-0.4, -0.2) is 17.6 Å². The second-order valence-corrected chi connectivity index (χ2v) is 4.85. The highest BCUT2D eigenvalue weighted by Gasteiger charge is 2.02. The monoisotopic (exact) mass is 261 g/mol. The van der Waals surface area contributed by atoms with Gasteiger partial charge in [-0.2, -0.15) is 0 Å². The van der Waals surface area contributed by atoms with E-state index in [1.807, 2.05) is 5.38 Å². The Balaban J connectivity index is 1.72. The molecule has 0 aliphatic heterocycles. The molecule has 2 rings (SSSR count). The fourth-order valence-electron chi connectivity index (χ4n) is 1.50. The largest absolute Gasteiger partial charge is 0.337 e. The Morgan fingerprint density at radius 3 is 2.78 bits per heavy atom. The zero-order valence-electron chi connectivity index (χ0n) is 10.1. The summed E-state index contributed by atoms with van der Waals surface area (Å²) in [5.74, 6) is 0. The van der Waals surface area contributed by atoms with E-state index in [-0.39, 0.29) is 6.03 Å². The SMILES string of the molecule is Cc1ccc(CCNC(=O)Nc2nccs2)cc1. The van der Waals surface area contributed by atoms with E-state index in [2.05, 4.69) is 46.8 Å². The summed E-state index contributed by atoms with van der Waals surface area (Å²) in [5, 5.41) is 7.91. The standard InChI is InChI=1S/C13H15N3OS/c1-10-2-4-11(5-3-10)6-7-14-12(17)16-13-15-8-9-18-13/h2-5,8-9H,6-7H2,1H3,(H2,14,15,16,17). The Labute approximate surface area is 110 Å². The highest BCUT2D eigenvalue weighted by atomic mass is 32.1. The lowest BCUT2D eigenvalue weighted by atomic mass is 10.1. The third kappa shape index (κ3) is 3.85. The Bertz CT molecular complexity index is 493. The average molecular weight is 261 g/mol. The molecule has 0 aliphatic rings. The van der Waals surface area contributed by atoms with E-state index in [0.717, 1.165) is 6.42 Å². The van der Waals surface area contributed by atoms with Gasteiger partial charge in [0.25, 0.3) is 0 Å². The molecule has 1 heterocycles. The topological polar surface area (TPSA) is 54.0 Å². The summed E-state index contributed by atoms with van der Waals surface area (Å²) in [6, 6.07) is 8.10.